The van der Waals surface area contributed by atoms with Gasteiger partial charge < -0.3 is 15.2 Å². The number of hydrogen-bond acceptors (Lipinski definition) is 4. The molecule has 1 aliphatic rings. The van der Waals surface area contributed by atoms with Crippen molar-refractivity contribution in [1.82, 2.24) is 10.2 Å². The van der Waals surface area contributed by atoms with Crippen LogP contribution in [0.15, 0.2) is 0 Å². The third-order valence-corrected chi connectivity index (χ3v) is 3.47. The van der Waals surface area contributed by atoms with Crippen LogP contribution in [0.5, 0.6) is 0 Å². The highest BCUT2D eigenvalue weighted by Crippen LogP contribution is 2.22. The molecule has 1 rings (SSSR count). The smallest absolute Gasteiger partial charge is 0.308 e. The number of nitrogens with one attached hydrogen (secondary N) is 1. The van der Waals surface area contributed by atoms with E-state index in [0.29, 0.717) is 26.2 Å². The number of carbonyl (C=O) groups is 2. The summed E-state index contributed by atoms with van der Waals surface area (Å²) in [6, 6.07) is 0. The minimum absolute atomic E-state index is 0.0483. The Morgan fingerprint density at radius 1 is 1.40 bits per heavy atom. The number of nitrogens with zero attached hydrogens (tertiary/aromatic N) is 1. The molecule has 1 amide bonds. The molecule has 6 nitrogen and oxygen atoms in total. The number of carbonyl (C=O) groups excluding carboxylic acids is 1. The van der Waals surface area contributed by atoms with Crippen molar-refractivity contribution < 1.29 is 19.4 Å². The first-order chi connectivity index (χ1) is 9.40. The Bertz CT molecular complexity index is 333. The van der Waals surface area contributed by atoms with Gasteiger partial charge in [-0.2, -0.15) is 0 Å². The zero-order valence-corrected chi connectivity index (χ0v) is 12.6. The summed E-state index contributed by atoms with van der Waals surface area (Å²) < 4.78 is 5.38. The lowest BCUT2D eigenvalue weighted by Crippen LogP contribution is -2.37. The van der Waals surface area contributed by atoms with Crippen LogP contribution in [0.25, 0.3) is 0 Å². The molecule has 1 fully saturated rings. The van der Waals surface area contributed by atoms with Gasteiger partial charge in [0.1, 0.15) is 0 Å². The topological polar surface area (TPSA) is 78.9 Å². The molecule has 20 heavy (non-hydrogen) atoms. The standard InChI is InChI=1S/C14H26N2O4/c1-10(2)20-6-4-5-15-13(17)9-16-7-11(3)12(8-16)14(18)19/h10-12H,4-9H2,1-3H3,(H,15,17)(H,18,19). The maximum Gasteiger partial charge on any atom is 0.308 e. The van der Waals surface area contributed by atoms with Gasteiger partial charge in [0.05, 0.1) is 18.6 Å². The van der Waals surface area contributed by atoms with E-state index in [-0.39, 0.29) is 30.4 Å². The minimum atomic E-state index is -0.772. The normalized spacial score (nSPS) is 23.2. The van der Waals surface area contributed by atoms with Crippen LogP contribution in [0.4, 0.5) is 0 Å². The lowest BCUT2D eigenvalue weighted by molar-refractivity contribution is -0.142. The number of carboxylic acid groups (broad SMARTS) is 1. The Morgan fingerprint density at radius 2 is 2.10 bits per heavy atom. The zero-order valence-electron chi connectivity index (χ0n) is 12.6. The molecule has 0 aliphatic carbocycles. The lowest BCUT2D eigenvalue weighted by Gasteiger charge is -2.15. The second-order valence-electron chi connectivity index (χ2n) is 5.74. The van der Waals surface area contributed by atoms with Crippen LogP contribution < -0.4 is 5.32 Å². The Balaban J connectivity index is 2.15. The van der Waals surface area contributed by atoms with E-state index in [0.717, 1.165) is 6.42 Å². The van der Waals surface area contributed by atoms with Crippen molar-refractivity contribution in [1.29, 1.82) is 0 Å². The van der Waals surface area contributed by atoms with Gasteiger partial charge in [-0.1, -0.05) is 6.92 Å². The number of amides is 1. The molecule has 1 saturated heterocycles. The van der Waals surface area contributed by atoms with E-state index < -0.39 is 5.97 Å². The maximum atomic E-state index is 11.7. The molecule has 0 bridgehead atoms. The van der Waals surface area contributed by atoms with Crippen LogP contribution in [0, 0.1) is 11.8 Å². The number of carboxylic acids is 1. The van der Waals surface area contributed by atoms with Crippen molar-refractivity contribution in [2.75, 3.05) is 32.8 Å². The fraction of sp³-hybridized carbons (Fsp3) is 0.857. The molecule has 0 aromatic heterocycles. The maximum absolute atomic E-state index is 11.7. The van der Waals surface area contributed by atoms with Gasteiger partial charge in [0.25, 0.3) is 0 Å². The summed E-state index contributed by atoms with van der Waals surface area (Å²) in [5, 5.41) is 11.9. The molecular weight excluding hydrogens is 260 g/mol. The highest BCUT2D eigenvalue weighted by atomic mass is 16.5. The number of aliphatic carboxylic acids is 1. The molecule has 0 spiro atoms. The van der Waals surface area contributed by atoms with E-state index in [2.05, 4.69) is 5.32 Å². The van der Waals surface area contributed by atoms with Gasteiger partial charge in [-0.15, -0.1) is 0 Å². The van der Waals surface area contributed by atoms with Crippen molar-refractivity contribution >= 4 is 11.9 Å². The lowest BCUT2D eigenvalue weighted by atomic mass is 9.99. The van der Waals surface area contributed by atoms with E-state index in [1.54, 1.807) is 0 Å². The van der Waals surface area contributed by atoms with Crippen molar-refractivity contribution in [3.63, 3.8) is 0 Å². The summed E-state index contributed by atoms with van der Waals surface area (Å²) in [4.78, 5) is 24.6. The summed E-state index contributed by atoms with van der Waals surface area (Å²) in [7, 11) is 0. The largest absolute Gasteiger partial charge is 0.481 e. The summed E-state index contributed by atoms with van der Waals surface area (Å²) in [5.74, 6) is -1.08. The van der Waals surface area contributed by atoms with Crippen LogP contribution in [0.1, 0.15) is 27.2 Å². The Morgan fingerprint density at radius 3 is 2.65 bits per heavy atom. The van der Waals surface area contributed by atoms with Crippen LogP contribution in [0.2, 0.25) is 0 Å². The van der Waals surface area contributed by atoms with Gasteiger partial charge in [-0.05, 0) is 26.2 Å². The molecule has 1 aliphatic heterocycles. The molecular formula is C14H26N2O4. The predicted molar refractivity (Wildman–Crippen MR) is 75.4 cm³/mol. The Labute approximate surface area is 120 Å². The molecule has 2 unspecified atom stereocenters. The summed E-state index contributed by atoms with van der Waals surface area (Å²) in [6.07, 6.45) is 1.00. The molecule has 0 radical (unpaired) electrons. The fourth-order valence-corrected chi connectivity index (χ4v) is 2.40. The Kier molecular flexibility index (Phi) is 6.95. The highest BCUT2D eigenvalue weighted by molar-refractivity contribution is 5.78. The SMILES string of the molecule is CC(C)OCCCNC(=O)CN1CC(C)C(C(=O)O)C1. The molecule has 1 heterocycles. The third-order valence-electron chi connectivity index (χ3n) is 3.47. The number of ether oxygens (including phenoxy) is 1. The van der Waals surface area contributed by atoms with Crippen LogP contribution in [-0.2, 0) is 14.3 Å². The summed E-state index contributed by atoms with van der Waals surface area (Å²) in [5.41, 5.74) is 0. The molecule has 2 N–H and O–H groups in total. The second kappa shape index (κ2) is 8.21. The van der Waals surface area contributed by atoms with Gasteiger partial charge in [-0.25, -0.2) is 0 Å². The van der Waals surface area contributed by atoms with Crippen LogP contribution >= 0.6 is 0 Å². The van der Waals surface area contributed by atoms with E-state index >= 15 is 0 Å². The molecule has 2 atom stereocenters. The van der Waals surface area contributed by atoms with Crippen LogP contribution in [-0.4, -0.2) is 60.8 Å². The third kappa shape index (κ3) is 5.88. The monoisotopic (exact) mass is 286 g/mol. The van der Waals surface area contributed by atoms with Crippen molar-refractivity contribution in [2.24, 2.45) is 11.8 Å². The average Bonchev–Trinajstić information content (AvgIpc) is 2.69. The first kappa shape index (κ1) is 16.9. The van der Waals surface area contributed by atoms with Gasteiger partial charge in [0.2, 0.25) is 5.91 Å². The van der Waals surface area contributed by atoms with E-state index in [1.807, 2.05) is 25.7 Å². The van der Waals surface area contributed by atoms with Crippen molar-refractivity contribution in [3.8, 4) is 0 Å². The molecule has 0 aromatic rings. The summed E-state index contributed by atoms with van der Waals surface area (Å²) in [6.45, 7) is 8.51. The number of rotatable bonds is 8. The van der Waals surface area contributed by atoms with Crippen molar-refractivity contribution in [3.05, 3.63) is 0 Å². The van der Waals surface area contributed by atoms with E-state index in [1.165, 1.54) is 0 Å². The van der Waals surface area contributed by atoms with Gasteiger partial charge in [-0.3, -0.25) is 14.5 Å². The van der Waals surface area contributed by atoms with E-state index in [4.69, 9.17) is 9.84 Å². The zero-order chi connectivity index (χ0) is 15.1. The van der Waals surface area contributed by atoms with Gasteiger partial charge in [0, 0.05) is 26.2 Å². The Hall–Kier alpha value is -1.14. The molecule has 0 aromatic carbocycles. The first-order valence-electron chi connectivity index (χ1n) is 7.23. The second-order valence-corrected chi connectivity index (χ2v) is 5.74. The first-order valence-corrected chi connectivity index (χ1v) is 7.23. The average molecular weight is 286 g/mol. The number of hydrogen-bond donors (Lipinski definition) is 2. The molecule has 6 heteroatoms. The highest BCUT2D eigenvalue weighted by Gasteiger charge is 2.35. The summed E-state index contributed by atoms with van der Waals surface area (Å²) >= 11 is 0. The van der Waals surface area contributed by atoms with E-state index in [9.17, 15) is 9.59 Å². The van der Waals surface area contributed by atoms with Gasteiger partial charge in [0.15, 0.2) is 0 Å². The number of likely N-dealkylation sites (tertiary alicyclic amines) is 1. The predicted octanol–water partition coefficient (Wildman–Crippen LogP) is 0.570. The van der Waals surface area contributed by atoms with Crippen molar-refractivity contribution in [2.45, 2.75) is 33.3 Å². The van der Waals surface area contributed by atoms with Gasteiger partial charge >= 0.3 is 5.97 Å². The van der Waals surface area contributed by atoms with Crippen LogP contribution in [0.3, 0.4) is 0 Å². The fourth-order valence-electron chi connectivity index (χ4n) is 2.40. The minimum Gasteiger partial charge on any atom is -0.481 e. The quantitative estimate of drug-likeness (QED) is 0.638. The molecule has 116 valence electrons. The molecule has 0 saturated carbocycles.